The van der Waals surface area contributed by atoms with Crippen LogP contribution in [0.2, 0.25) is 5.15 Å². The Balaban J connectivity index is 2.95. The molecule has 0 aromatic carbocycles. The lowest BCUT2D eigenvalue weighted by Crippen LogP contribution is -2.34. The van der Waals surface area contributed by atoms with Crippen LogP contribution in [0, 0.1) is 0 Å². The van der Waals surface area contributed by atoms with E-state index in [2.05, 4.69) is 4.98 Å². The molecule has 6 nitrogen and oxygen atoms in total. The van der Waals surface area contributed by atoms with Gasteiger partial charge in [0.1, 0.15) is 11.0 Å². The Morgan fingerprint density at radius 1 is 1.33 bits per heavy atom. The van der Waals surface area contributed by atoms with Crippen LogP contribution in [-0.4, -0.2) is 54.6 Å². The van der Waals surface area contributed by atoms with Gasteiger partial charge in [-0.15, -0.1) is 0 Å². The summed E-state index contributed by atoms with van der Waals surface area (Å²) in [4.78, 5) is 29.4. The predicted octanol–water partition coefficient (Wildman–Crippen LogP) is 0.958. The first-order valence-electron chi connectivity index (χ1n) is 5.13. The molecule has 0 unspecified atom stereocenters. The fourth-order valence-corrected chi connectivity index (χ4v) is 1.43. The molecule has 1 heterocycles. The van der Waals surface area contributed by atoms with Gasteiger partial charge in [0.05, 0.1) is 12.1 Å². The van der Waals surface area contributed by atoms with Gasteiger partial charge in [-0.25, -0.2) is 9.78 Å². The molecular formula is C11H14ClN3O3. The number of amides is 1. The number of carbonyl (C=O) groups excluding carboxylic acids is 1. The molecular weight excluding hydrogens is 258 g/mol. The summed E-state index contributed by atoms with van der Waals surface area (Å²) in [5, 5.41) is 8.98. The fraction of sp³-hybridized carbons (Fsp3) is 0.364. The summed E-state index contributed by atoms with van der Waals surface area (Å²) in [7, 11) is 4.93. The average molecular weight is 272 g/mol. The summed E-state index contributed by atoms with van der Waals surface area (Å²) in [6, 6.07) is 2.63. The number of anilines is 1. The molecule has 98 valence electrons. The van der Waals surface area contributed by atoms with Gasteiger partial charge in [0.15, 0.2) is 0 Å². The molecule has 1 aromatic rings. The Morgan fingerprint density at radius 2 is 1.94 bits per heavy atom. The Bertz CT molecular complexity index is 477. The normalized spacial score (nSPS) is 10.0. The van der Waals surface area contributed by atoms with Crippen molar-refractivity contribution < 1.29 is 14.7 Å². The monoisotopic (exact) mass is 271 g/mol. The second kappa shape index (κ2) is 5.68. The van der Waals surface area contributed by atoms with Gasteiger partial charge in [-0.3, -0.25) is 4.79 Å². The molecule has 1 N–H and O–H groups in total. The largest absolute Gasteiger partial charge is 0.478 e. The smallest absolute Gasteiger partial charge is 0.335 e. The minimum Gasteiger partial charge on any atom is -0.478 e. The summed E-state index contributed by atoms with van der Waals surface area (Å²) in [6.07, 6.45) is 0. The van der Waals surface area contributed by atoms with Crippen molar-refractivity contribution in [2.24, 2.45) is 0 Å². The quantitative estimate of drug-likeness (QED) is 0.826. The summed E-state index contributed by atoms with van der Waals surface area (Å²) >= 11 is 5.74. The molecule has 0 bridgehead atoms. The Kier molecular flexibility index (Phi) is 4.49. The van der Waals surface area contributed by atoms with Crippen LogP contribution in [-0.2, 0) is 4.79 Å². The number of nitrogens with zero attached hydrogens (tertiary/aromatic N) is 3. The van der Waals surface area contributed by atoms with Crippen molar-refractivity contribution in [2.75, 3.05) is 32.6 Å². The molecule has 0 saturated carbocycles. The number of carboxylic acids is 1. The molecule has 0 fully saturated rings. The van der Waals surface area contributed by atoms with Gasteiger partial charge in [-0.2, -0.15) is 0 Å². The number of carboxylic acid groups (broad SMARTS) is 1. The minimum atomic E-state index is -1.09. The maximum Gasteiger partial charge on any atom is 0.335 e. The van der Waals surface area contributed by atoms with E-state index in [0.29, 0.717) is 5.82 Å². The first-order valence-corrected chi connectivity index (χ1v) is 5.51. The zero-order valence-corrected chi connectivity index (χ0v) is 11.1. The number of rotatable bonds is 4. The lowest BCUT2D eigenvalue weighted by atomic mass is 10.2. The van der Waals surface area contributed by atoms with Crippen molar-refractivity contribution >= 4 is 29.3 Å². The molecule has 0 radical (unpaired) electrons. The molecule has 1 amide bonds. The van der Waals surface area contributed by atoms with Crippen molar-refractivity contribution in [1.29, 1.82) is 0 Å². The third-order valence-corrected chi connectivity index (χ3v) is 2.48. The number of halogens is 1. The number of hydrogen-bond acceptors (Lipinski definition) is 4. The van der Waals surface area contributed by atoms with Crippen molar-refractivity contribution in [1.82, 2.24) is 9.88 Å². The van der Waals surface area contributed by atoms with Crippen LogP contribution in [0.15, 0.2) is 12.1 Å². The van der Waals surface area contributed by atoms with Crippen LogP contribution in [0.25, 0.3) is 0 Å². The predicted molar refractivity (Wildman–Crippen MR) is 68.2 cm³/mol. The molecule has 1 rings (SSSR count). The summed E-state index contributed by atoms with van der Waals surface area (Å²) in [5.41, 5.74) is 0.0363. The van der Waals surface area contributed by atoms with Gasteiger partial charge >= 0.3 is 5.97 Å². The summed E-state index contributed by atoms with van der Waals surface area (Å²) in [6.45, 7) is 0.0966. The van der Waals surface area contributed by atoms with Crippen LogP contribution in [0.1, 0.15) is 10.4 Å². The van der Waals surface area contributed by atoms with Crippen LogP contribution in [0.3, 0.4) is 0 Å². The second-order valence-corrected chi connectivity index (χ2v) is 4.37. The molecule has 0 spiro atoms. The third-order valence-electron chi connectivity index (χ3n) is 2.29. The summed E-state index contributed by atoms with van der Waals surface area (Å²) < 4.78 is 0. The number of likely N-dealkylation sites (N-methyl/N-ethyl adjacent to an activating group) is 2. The lowest BCUT2D eigenvalue weighted by Gasteiger charge is -2.20. The van der Waals surface area contributed by atoms with Crippen molar-refractivity contribution in [3.8, 4) is 0 Å². The van der Waals surface area contributed by atoms with Gasteiger partial charge in [0.25, 0.3) is 0 Å². The molecule has 18 heavy (non-hydrogen) atoms. The fourth-order valence-electron chi connectivity index (χ4n) is 1.23. The van der Waals surface area contributed by atoms with E-state index < -0.39 is 5.97 Å². The number of aromatic carboxylic acids is 1. The highest BCUT2D eigenvalue weighted by Crippen LogP contribution is 2.17. The number of hydrogen-bond donors (Lipinski definition) is 1. The van der Waals surface area contributed by atoms with E-state index in [4.69, 9.17) is 16.7 Å². The van der Waals surface area contributed by atoms with E-state index in [0.717, 1.165) is 0 Å². The van der Waals surface area contributed by atoms with E-state index in [1.165, 1.54) is 17.0 Å². The lowest BCUT2D eigenvalue weighted by molar-refractivity contribution is -0.127. The van der Waals surface area contributed by atoms with Crippen molar-refractivity contribution in [2.45, 2.75) is 0 Å². The average Bonchev–Trinajstić information content (AvgIpc) is 2.27. The topological polar surface area (TPSA) is 73.7 Å². The first kappa shape index (κ1) is 14.2. The maximum absolute atomic E-state index is 11.5. The molecule has 0 saturated heterocycles. The van der Waals surface area contributed by atoms with Gasteiger partial charge in [0, 0.05) is 21.1 Å². The Hall–Kier alpha value is -1.82. The maximum atomic E-state index is 11.5. The SMILES string of the molecule is CN(C)C(=O)CN(C)c1cc(C(=O)O)cc(Cl)n1. The minimum absolute atomic E-state index is 0.0363. The standard InChI is InChI=1S/C11H14ClN3O3/c1-14(2)10(16)6-15(3)9-5-7(11(17)18)4-8(12)13-9/h4-5H,6H2,1-3H3,(H,17,18). The zero-order valence-electron chi connectivity index (χ0n) is 10.3. The van der Waals surface area contributed by atoms with E-state index in [1.54, 1.807) is 26.0 Å². The molecule has 0 atom stereocenters. The van der Waals surface area contributed by atoms with Crippen molar-refractivity contribution in [3.63, 3.8) is 0 Å². The van der Waals surface area contributed by atoms with Crippen LogP contribution in [0.5, 0.6) is 0 Å². The number of carbonyl (C=O) groups is 2. The summed E-state index contributed by atoms with van der Waals surface area (Å²) in [5.74, 6) is -0.862. The second-order valence-electron chi connectivity index (χ2n) is 3.99. The van der Waals surface area contributed by atoms with Gasteiger partial charge in [-0.05, 0) is 12.1 Å². The Morgan fingerprint density at radius 3 is 2.44 bits per heavy atom. The van der Waals surface area contributed by atoms with E-state index >= 15 is 0 Å². The molecule has 0 aliphatic carbocycles. The zero-order chi connectivity index (χ0) is 13.9. The first-order chi connectivity index (χ1) is 8.31. The molecule has 0 aliphatic heterocycles. The van der Waals surface area contributed by atoms with Crippen LogP contribution >= 0.6 is 11.6 Å². The van der Waals surface area contributed by atoms with E-state index in [-0.39, 0.29) is 23.2 Å². The molecule has 1 aromatic heterocycles. The van der Waals surface area contributed by atoms with Gasteiger partial charge < -0.3 is 14.9 Å². The van der Waals surface area contributed by atoms with Crippen LogP contribution < -0.4 is 4.90 Å². The van der Waals surface area contributed by atoms with Gasteiger partial charge in [-0.1, -0.05) is 11.6 Å². The third kappa shape index (κ3) is 3.59. The van der Waals surface area contributed by atoms with Gasteiger partial charge in [0.2, 0.25) is 5.91 Å². The van der Waals surface area contributed by atoms with Crippen molar-refractivity contribution in [3.05, 3.63) is 22.8 Å². The van der Waals surface area contributed by atoms with Crippen LogP contribution in [0.4, 0.5) is 5.82 Å². The molecule has 7 heteroatoms. The number of pyridine rings is 1. The highest BCUT2D eigenvalue weighted by atomic mass is 35.5. The Labute approximate surface area is 110 Å². The highest BCUT2D eigenvalue weighted by molar-refractivity contribution is 6.29. The molecule has 0 aliphatic rings. The van der Waals surface area contributed by atoms with E-state index in [1.807, 2.05) is 0 Å². The van der Waals surface area contributed by atoms with E-state index in [9.17, 15) is 9.59 Å². The number of aromatic nitrogens is 1. The highest BCUT2D eigenvalue weighted by Gasteiger charge is 2.13.